The average Bonchev–Trinajstić information content (AvgIpc) is 3.53. The lowest BCUT2D eigenvalue weighted by atomic mass is 9.85. The number of rotatable bonds is 4. The van der Waals surface area contributed by atoms with E-state index < -0.39 is 34.6 Å². The zero-order valence-electron chi connectivity index (χ0n) is 21.5. The lowest BCUT2D eigenvalue weighted by Crippen LogP contribution is -2.36. The Morgan fingerprint density at radius 3 is 2.39 bits per heavy atom. The van der Waals surface area contributed by atoms with Gasteiger partial charge in [0.25, 0.3) is 0 Å². The van der Waals surface area contributed by atoms with Gasteiger partial charge in [0.1, 0.15) is 11.6 Å². The molecule has 38 heavy (non-hydrogen) atoms. The predicted octanol–water partition coefficient (Wildman–Crippen LogP) is 7.22. The molecule has 2 aromatic heterocycles. The number of H-pyrrole nitrogens is 1. The van der Waals surface area contributed by atoms with E-state index in [1.165, 1.54) is 12.8 Å². The van der Waals surface area contributed by atoms with Gasteiger partial charge in [-0.15, -0.1) is 0 Å². The molecule has 1 N–H and O–H groups in total. The maximum Gasteiger partial charge on any atom is 0.418 e. The SMILES string of the molecule is CC1CCC2C(Cc3cc4nc(-c5c(F)cc(N6CCOCC6)cc5F)c(C(F)(F)F)cc4[nH]3)CC(C)C12. The molecular formula is C29H32F5N3O. The van der Waals surface area contributed by atoms with Crippen LogP contribution in [0, 0.1) is 41.2 Å². The number of alkyl halides is 3. The molecule has 0 amide bonds. The van der Waals surface area contributed by atoms with Crippen LogP contribution in [0.1, 0.15) is 44.4 Å². The summed E-state index contributed by atoms with van der Waals surface area (Å²) in [5.74, 6) is 1.02. The van der Waals surface area contributed by atoms with Gasteiger partial charge < -0.3 is 14.6 Å². The summed E-state index contributed by atoms with van der Waals surface area (Å²) in [7, 11) is 0. The molecule has 2 aliphatic carbocycles. The van der Waals surface area contributed by atoms with Gasteiger partial charge in [0.05, 0.1) is 41.1 Å². The number of pyridine rings is 1. The van der Waals surface area contributed by atoms with Crippen LogP contribution in [0.3, 0.4) is 0 Å². The molecule has 0 spiro atoms. The zero-order chi connectivity index (χ0) is 26.8. The van der Waals surface area contributed by atoms with Crippen LogP contribution in [0.25, 0.3) is 22.3 Å². The first-order valence-corrected chi connectivity index (χ1v) is 13.5. The summed E-state index contributed by atoms with van der Waals surface area (Å²) in [6.45, 7) is 6.35. The summed E-state index contributed by atoms with van der Waals surface area (Å²) < 4.78 is 78.2. The van der Waals surface area contributed by atoms with E-state index in [9.17, 15) is 13.2 Å². The molecule has 3 aromatic rings. The molecular weight excluding hydrogens is 501 g/mol. The highest BCUT2D eigenvalue weighted by atomic mass is 19.4. The number of aromatic nitrogens is 2. The summed E-state index contributed by atoms with van der Waals surface area (Å²) in [5, 5.41) is 0. The average molecular weight is 534 g/mol. The van der Waals surface area contributed by atoms with Gasteiger partial charge in [-0.3, -0.25) is 0 Å². The highest BCUT2D eigenvalue weighted by Crippen LogP contribution is 2.54. The Balaban J connectivity index is 1.37. The maximum absolute atomic E-state index is 15.3. The number of ether oxygens (including phenoxy) is 1. The van der Waals surface area contributed by atoms with Crippen molar-refractivity contribution in [1.82, 2.24) is 9.97 Å². The van der Waals surface area contributed by atoms with Gasteiger partial charge in [-0.2, -0.15) is 13.2 Å². The van der Waals surface area contributed by atoms with Crippen LogP contribution in [0.5, 0.6) is 0 Å². The molecule has 4 nitrogen and oxygen atoms in total. The Morgan fingerprint density at radius 2 is 1.71 bits per heavy atom. The molecule has 1 aliphatic heterocycles. The fraction of sp³-hybridized carbons (Fsp3) is 0.552. The molecule has 6 rings (SSSR count). The molecule has 3 aliphatic rings. The van der Waals surface area contributed by atoms with E-state index in [2.05, 4.69) is 23.8 Å². The van der Waals surface area contributed by atoms with Gasteiger partial charge >= 0.3 is 6.18 Å². The van der Waals surface area contributed by atoms with Crippen LogP contribution in [0.2, 0.25) is 0 Å². The number of hydrogen-bond donors (Lipinski definition) is 1. The number of nitrogens with one attached hydrogen (secondary N) is 1. The van der Waals surface area contributed by atoms with E-state index in [0.717, 1.165) is 36.7 Å². The van der Waals surface area contributed by atoms with Crippen LogP contribution in [0.15, 0.2) is 24.3 Å². The fourth-order valence-corrected chi connectivity index (χ4v) is 7.54. The summed E-state index contributed by atoms with van der Waals surface area (Å²) in [4.78, 5) is 9.08. The maximum atomic E-state index is 15.3. The molecule has 9 heteroatoms. The third kappa shape index (κ3) is 4.46. The first-order chi connectivity index (χ1) is 18.1. The van der Waals surface area contributed by atoms with Crippen molar-refractivity contribution in [2.24, 2.45) is 29.6 Å². The van der Waals surface area contributed by atoms with Crippen molar-refractivity contribution in [3.8, 4) is 11.3 Å². The Bertz CT molecular complexity index is 1320. The number of anilines is 1. The second kappa shape index (κ2) is 9.50. The predicted molar refractivity (Wildman–Crippen MR) is 136 cm³/mol. The van der Waals surface area contributed by atoms with Gasteiger partial charge in [-0.1, -0.05) is 20.3 Å². The smallest absolute Gasteiger partial charge is 0.378 e. The van der Waals surface area contributed by atoms with E-state index >= 15 is 8.78 Å². The number of nitrogens with zero attached hydrogens (tertiary/aromatic N) is 2. The number of benzene rings is 1. The highest BCUT2D eigenvalue weighted by Gasteiger charge is 2.47. The summed E-state index contributed by atoms with van der Waals surface area (Å²) in [5.41, 5.74) is -1.04. The molecule has 5 atom stereocenters. The minimum atomic E-state index is -4.84. The molecule has 5 unspecified atom stereocenters. The second-order valence-electron chi connectivity index (χ2n) is 11.5. The zero-order valence-corrected chi connectivity index (χ0v) is 21.5. The van der Waals surface area contributed by atoms with Crippen LogP contribution in [-0.4, -0.2) is 36.3 Å². The Kier molecular flexibility index (Phi) is 6.40. The van der Waals surface area contributed by atoms with Gasteiger partial charge in [-0.25, -0.2) is 13.8 Å². The van der Waals surface area contributed by atoms with E-state index in [-0.39, 0.29) is 16.7 Å². The van der Waals surface area contributed by atoms with Gasteiger partial charge in [0.2, 0.25) is 0 Å². The molecule has 2 saturated carbocycles. The third-order valence-electron chi connectivity index (χ3n) is 9.13. The van der Waals surface area contributed by atoms with Crippen LogP contribution < -0.4 is 4.90 Å². The second-order valence-corrected chi connectivity index (χ2v) is 11.5. The normalized spacial score (nSPS) is 27.9. The first kappa shape index (κ1) is 25.6. The van der Waals surface area contributed by atoms with E-state index in [1.54, 1.807) is 11.0 Å². The van der Waals surface area contributed by atoms with Gasteiger partial charge in [0.15, 0.2) is 0 Å². The van der Waals surface area contributed by atoms with Crippen molar-refractivity contribution in [3.05, 3.63) is 47.2 Å². The number of hydrogen-bond acceptors (Lipinski definition) is 3. The summed E-state index contributed by atoms with van der Waals surface area (Å²) >= 11 is 0. The summed E-state index contributed by atoms with van der Waals surface area (Å²) in [6.07, 6.45) is -0.571. The molecule has 0 radical (unpaired) electrons. The van der Waals surface area contributed by atoms with E-state index in [0.29, 0.717) is 55.9 Å². The molecule has 3 heterocycles. The van der Waals surface area contributed by atoms with Crippen molar-refractivity contribution in [2.45, 2.75) is 45.7 Å². The molecule has 1 saturated heterocycles. The quantitative estimate of drug-likeness (QED) is 0.360. The topological polar surface area (TPSA) is 41.2 Å². The molecule has 0 bridgehead atoms. The number of morpholine rings is 1. The van der Waals surface area contributed by atoms with Crippen LogP contribution in [0.4, 0.5) is 27.6 Å². The third-order valence-corrected chi connectivity index (χ3v) is 9.13. The largest absolute Gasteiger partial charge is 0.418 e. The lowest BCUT2D eigenvalue weighted by Gasteiger charge is -2.29. The number of aromatic amines is 1. The minimum Gasteiger partial charge on any atom is -0.378 e. The van der Waals surface area contributed by atoms with Gasteiger partial charge in [0, 0.05) is 24.5 Å². The Morgan fingerprint density at radius 1 is 1.00 bits per heavy atom. The standard InChI is InChI=1S/C29H32F5N3O/c1-15-3-4-20-17(9-16(2)26(15)20)10-18-11-24-25(35-18)14-21(29(32,33)34)28(36-24)27-22(30)12-19(13-23(27)31)37-5-7-38-8-6-37/h11-17,20,26,35H,3-10H2,1-2H3. The monoisotopic (exact) mass is 533 g/mol. The van der Waals surface area contributed by atoms with Crippen LogP contribution in [-0.2, 0) is 17.3 Å². The van der Waals surface area contributed by atoms with Crippen molar-refractivity contribution in [1.29, 1.82) is 0 Å². The molecule has 1 aromatic carbocycles. The van der Waals surface area contributed by atoms with E-state index in [1.807, 2.05) is 0 Å². The molecule has 3 fully saturated rings. The fourth-order valence-electron chi connectivity index (χ4n) is 7.54. The minimum absolute atomic E-state index is 0.226. The van der Waals surface area contributed by atoms with E-state index in [4.69, 9.17) is 4.74 Å². The number of halogens is 5. The number of fused-ring (bicyclic) bond motifs is 2. The van der Waals surface area contributed by atoms with Crippen molar-refractivity contribution in [2.75, 3.05) is 31.2 Å². The summed E-state index contributed by atoms with van der Waals surface area (Å²) in [6, 6.07) is 4.85. The van der Waals surface area contributed by atoms with Crippen molar-refractivity contribution in [3.63, 3.8) is 0 Å². The van der Waals surface area contributed by atoms with Gasteiger partial charge in [-0.05, 0) is 73.1 Å². The van der Waals surface area contributed by atoms with Crippen molar-refractivity contribution >= 4 is 16.7 Å². The van der Waals surface area contributed by atoms with Crippen LogP contribution >= 0.6 is 0 Å². The first-order valence-electron chi connectivity index (χ1n) is 13.5. The lowest BCUT2D eigenvalue weighted by molar-refractivity contribution is -0.137. The Labute approximate surface area is 218 Å². The molecule has 204 valence electrons. The Hall–Kier alpha value is -2.68. The van der Waals surface area contributed by atoms with Crippen molar-refractivity contribution < 1.29 is 26.7 Å². The highest BCUT2D eigenvalue weighted by molar-refractivity contribution is 5.82.